The molecular formula is C16H22N4O4. The van der Waals surface area contributed by atoms with E-state index in [1.54, 1.807) is 19.2 Å². The molecule has 0 aliphatic carbocycles. The molecule has 0 unspecified atom stereocenters. The number of aliphatic hydroxyl groups excluding tert-OH is 3. The van der Waals surface area contributed by atoms with Crippen molar-refractivity contribution in [2.75, 3.05) is 13.2 Å². The number of rotatable bonds is 5. The van der Waals surface area contributed by atoms with Crippen molar-refractivity contribution in [3.8, 4) is 5.75 Å². The lowest BCUT2D eigenvalue weighted by molar-refractivity contribution is 0.0915. The van der Waals surface area contributed by atoms with Gasteiger partial charge in [-0.2, -0.15) is 5.10 Å². The minimum Gasteiger partial charge on any atom is -0.506 e. The second-order valence-corrected chi connectivity index (χ2v) is 6.05. The van der Waals surface area contributed by atoms with Crippen molar-refractivity contribution < 1.29 is 20.4 Å². The van der Waals surface area contributed by atoms with Crippen molar-refractivity contribution in [3.63, 3.8) is 0 Å². The quantitative estimate of drug-likeness (QED) is 0.600. The van der Waals surface area contributed by atoms with Crippen molar-refractivity contribution >= 4 is 0 Å². The molecule has 0 saturated heterocycles. The average molecular weight is 334 g/mol. The summed E-state index contributed by atoms with van der Waals surface area (Å²) < 4.78 is 1.83. The Labute approximate surface area is 139 Å². The summed E-state index contributed by atoms with van der Waals surface area (Å²) in [5.74, 6) is 0.122. The number of aryl methyl sites for hydroxylation is 1. The van der Waals surface area contributed by atoms with Crippen LogP contribution in [-0.2, 0) is 26.2 Å². The Morgan fingerprint density at radius 1 is 1.29 bits per heavy atom. The van der Waals surface area contributed by atoms with Crippen LogP contribution in [0.25, 0.3) is 0 Å². The SMILES string of the molecule is Cc1ncc(CO)c(CN2CCn3nc([C@H](O)CO)cc3C2)c1O. The van der Waals surface area contributed by atoms with Gasteiger partial charge in [-0.25, -0.2) is 0 Å². The van der Waals surface area contributed by atoms with E-state index < -0.39 is 6.10 Å². The van der Waals surface area contributed by atoms with E-state index in [1.165, 1.54) is 0 Å². The number of aromatic nitrogens is 3. The molecule has 8 heteroatoms. The average Bonchev–Trinajstić information content (AvgIpc) is 3.02. The monoisotopic (exact) mass is 334 g/mol. The van der Waals surface area contributed by atoms with Gasteiger partial charge in [-0.05, 0) is 13.0 Å². The van der Waals surface area contributed by atoms with Crippen LogP contribution in [0.5, 0.6) is 5.75 Å². The Balaban J connectivity index is 1.79. The number of pyridine rings is 1. The van der Waals surface area contributed by atoms with Crippen LogP contribution >= 0.6 is 0 Å². The third-order valence-corrected chi connectivity index (χ3v) is 4.39. The van der Waals surface area contributed by atoms with Gasteiger partial charge in [0.05, 0.1) is 36.8 Å². The third-order valence-electron chi connectivity index (χ3n) is 4.39. The van der Waals surface area contributed by atoms with Crippen LogP contribution in [0.4, 0.5) is 0 Å². The highest BCUT2D eigenvalue weighted by molar-refractivity contribution is 5.40. The van der Waals surface area contributed by atoms with E-state index in [0.717, 1.165) is 12.2 Å². The van der Waals surface area contributed by atoms with Crippen molar-refractivity contribution in [2.24, 2.45) is 0 Å². The maximum absolute atomic E-state index is 10.3. The molecule has 2 aromatic rings. The van der Waals surface area contributed by atoms with Crippen LogP contribution in [0.2, 0.25) is 0 Å². The first-order chi connectivity index (χ1) is 11.5. The van der Waals surface area contributed by atoms with Crippen LogP contribution in [0.1, 0.15) is 34.3 Å². The Morgan fingerprint density at radius 2 is 2.08 bits per heavy atom. The molecule has 130 valence electrons. The molecule has 1 aliphatic rings. The molecule has 4 N–H and O–H groups in total. The molecule has 24 heavy (non-hydrogen) atoms. The zero-order valence-electron chi connectivity index (χ0n) is 13.6. The van der Waals surface area contributed by atoms with Gasteiger partial charge in [0.2, 0.25) is 0 Å². The fourth-order valence-corrected chi connectivity index (χ4v) is 2.95. The van der Waals surface area contributed by atoms with Gasteiger partial charge < -0.3 is 20.4 Å². The molecule has 0 aromatic carbocycles. The van der Waals surface area contributed by atoms with Gasteiger partial charge in [-0.3, -0.25) is 14.6 Å². The van der Waals surface area contributed by atoms with Gasteiger partial charge in [-0.15, -0.1) is 0 Å². The van der Waals surface area contributed by atoms with Crippen molar-refractivity contribution in [1.82, 2.24) is 19.7 Å². The summed E-state index contributed by atoms with van der Waals surface area (Å²) >= 11 is 0. The smallest absolute Gasteiger partial charge is 0.141 e. The molecule has 0 amide bonds. The van der Waals surface area contributed by atoms with E-state index >= 15 is 0 Å². The largest absolute Gasteiger partial charge is 0.506 e. The minimum absolute atomic E-state index is 0.122. The lowest BCUT2D eigenvalue weighted by Gasteiger charge is -2.28. The molecule has 1 atom stereocenters. The molecule has 0 radical (unpaired) electrons. The number of hydrogen-bond donors (Lipinski definition) is 4. The van der Waals surface area contributed by atoms with E-state index in [2.05, 4.69) is 15.0 Å². The van der Waals surface area contributed by atoms with Gasteiger partial charge in [0.25, 0.3) is 0 Å². The van der Waals surface area contributed by atoms with Crippen LogP contribution < -0.4 is 0 Å². The summed E-state index contributed by atoms with van der Waals surface area (Å²) in [5.41, 5.74) is 3.26. The zero-order valence-corrected chi connectivity index (χ0v) is 13.6. The summed E-state index contributed by atoms with van der Waals surface area (Å²) in [6.45, 7) is 3.69. The molecule has 0 spiro atoms. The second-order valence-electron chi connectivity index (χ2n) is 6.05. The fourth-order valence-electron chi connectivity index (χ4n) is 2.95. The van der Waals surface area contributed by atoms with Crippen molar-refractivity contribution in [3.05, 3.63) is 40.5 Å². The van der Waals surface area contributed by atoms with Crippen molar-refractivity contribution in [1.29, 1.82) is 0 Å². The standard InChI is InChI=1S/C16H22N4O4/c1-10-16(24)13(11(8-21)5-17-10)7-19-2-3-20-12(6-19)4-14(18-20)15(23)9-22/h4-5,15,21-24H,2-3,6-9H2,1H3/t15-/m1/s1. The van der Waals surface area contributed by atoms with Gasteiger partial charge in [0, 0.05) is 37.0 Å². The Bertz CT molecular complexity index is 731. The molecule has 0 bridgehead atoms. The summed E-state index contributed by atoms with van der Waals surface area (Å²) in [6, 6.07) is 1.79. The molecule has 0 fully saturated rings. The van der Waals surface area contributed by atoms with E-state index in [4.69, 9.17) is 5.11 Å². The summed E-state index contributed by atoms with van der Waals surface area (Å²) in [5, 5.41) is 42.8. The van der Waals surface area contributed by atoms with E-state index in [9.17, 15) is 15.3 Å². The topological polar surface area (TPSA) is 115 Å². The zero-order chi connectivity index (χ0) is 17.3. The number of fused-ring (bicyclic) bond motifs is 1. The number of aliphatic hydroxyl groups is 3. The summed E-state index contributed by atoms with van der Waals surface area (Å²) in [4.78, 5) is 6.22. The normalized spacial score (nSPS) is 16.2. The summed E-state index contributed by atoms with van der Waals surface area (Å²) in [6.07, 6.45) is 0.623. The van der Waals surface area contributed by atoms with Gasteiger partial charge in [-0.1, -0.05) is 0 Å². The number of aromatic hydroxyl groups is 1. The fraction of sp³-hybridized carbons (Fsp3) is 0.500. The molecule has 3 heterocycles. The van der Waals surface area contributed by atoms with Crippen molar-refractivity contribution in [2.45, 2.75) is 39.3 Å². The molecule has 0 saturated carbocycles. The first-order valence-electron chi connectivity index (χ1n) is 7.88. The Morgan fingerprint density at radius 3 is 2.79 bits per heavy atom. The predicted molar refractivity (Wildman–Crippen MR) is 84.9 cm³/mol. The van der Waals surface area contributed by atoms with Gasteiger partial charge in [0.1, 0.15) is 11.9 Å². The number of nitrogens with zero attached hydrogens (tertiary/aromatic N) is 4. The van der Waals surface area contributed by atoms with Crippen LogP contribution in [0.3, 0.4) is 0 Å². The third kappa shape index (κ3) is 3.13. The van der Waals surface area contributed by atoms with E-state index in [0.29, 0.717) is 42.1 Å². The second kappa shape index (κ2) is 6.86. The number of hydrogen-bond acceptors (Lipinski definition) is 7. The first-order valence-corrected chi connectivity index (χ1v) is 7.88. The highest BCUT2D eigenvalue weighted by Gasteiger charge is 2.23. The molecule has 3 rings (SSSR count). The Hall–Kier alpha value is -2.00. The van der Waals surface area contributed by atoms with Crippen LogP contribution in [0.15, 0.2) is 12.3 Å². The predicted octanol–water partition coefficient (Wildman–Crippen LogP) is -0.174. The summed E-state index contributed by atoms with van der Waals surface area (Å²) in [7, 11) is 0. The maximum Gasteiger partial charge on any atom is 0.141 e. The van der Waals surface area contributed by atoms with Gasteiger partial charge in [0.15, 0.2) is 0 Å². The Kier molecular flexibility index (Phi) is 4.81. The van der Waals surface area contributed by atoms with Crippen LogP contribution in [-0.4, -0.2) is 53.2 Å². The highest BCUT2D eigenvalue weighted by Crippen LogP contribution is 2.27. The van der Waals surface area contributed by atoms with Crippen LogP contribution in [0, 0.1) is 6.92 Å². The molecule has 2 aromatic heterocycles. The molecular weight excluding hydrogens is 312 g/mol. The lowest BCUT2D eigenvalue weighted by atomic mass is 10.1. The maximum atomic E-state index is 10.3. The van der Waals surface area contributed by atoms with Gasteiger partial charge >= 0.3 is 0 Å². The molecule has 8 nitrogen and oxygen atoms in total. The van der Waals surface area contributed by atoms with E-state index in [-0.39, 0.29) is 19.0 Å². The molecule has 1 aliphatic heterocycles. The first kappa shape index (κ1) is 16.8. The van der Waals surface area contributed by atoms with E-state index in [1.807, 2.05) is 4.68 Å². The lowest BCUT2D eigenvalue weighted by Crippen LogP contribution is -2.33. The minimum atomic E-state index is -0.968. The highest BCUT2D eigenvalue weighted by atomic mass is 16.3.